The predicted octanol–water partition coefficient (Wildman–Crippen LogP) is 3.41. The Balaban J connectivity index is 1.51. The normalized spacial score (nSPS) is 16.6. The Morgan fingerprint density at radius 3 is 2.50 bits per heavy atom. The van der Waals surface area contributed by atoms with Gasteiger partial charge in [-0.2, -0.15) is 0 Å². The van der Waals surface area contributed by atoms with Gasteiger partial charge in [-0.25, -0.2) is 4.79 Å². The minimum atomic E-state index is -0.835. The maximum Gasteiger partial charge on any atom is 0.317 e. The number of carbonyl (C=O) groups excluding carboxylic acids is 1. The topological polar surface area (TPSA) is 78.9 Å². The van der Waals surface area contributed by atoms with Crippen molar-refractivity contribution in [3.05, 3.63) is 71.3 Å². The van der Waals surface area contributed by atoms with Crippen molar-refractivity contribution < 1.29 is 19.4 Å². The molecule has 1 unspecified atom stereocenters. The molecule has 1 aliphatic heterocycles. The van der Waals surface area contributed by atoms with Crippen LogP contribution in [0.25, 0.3) is 0 Å². The van der Waals surface area contributed by atoms with E-state index in [2.05, 4.69) is 5.32 Å². The minimum Gasteiger partial charge on any atom is -0.481 e. The monoisotopic (exact) mass is 382 g/mol. The van der Waals surface area contributed by atoms with E-state index in [1.807, 2.05) is 54.6 Å². The van der Waals surface area contributed by atoms with Crippen LogP contribution in [0.3, 0.4) is 0 Å². The number of hydrogen-bond acceptors (Lipinski definition) is 3. The molecule has 0 saturated carbocycles. The number of benzene rings is 2. The summed E-state index contributed by atoms with van der Waals surface area (Å²) in [6, 6.07) is 17.6. The molecule has 0 bridgehead atoms. The second-order valence-electron chi connectivity index (χ2n) is 7.03. The lowest BCUT2D eigenvalue weighted by atomic mass is 9.99. The predicted molar refractivity (Wildman–Crippen MR) is 106 cm³/mol. The molecule has 2 aromatic carbocycles. The highest BCUT2D eigenvalue weighted by Gasteiger charge is 2.27. The summed E-state index contributed by atoms with van der Waals surface area (Å²) in [6.07, 6.45) is 1.34. The average Bonchev–Trinajstić information content (AvgIpc) is 2.73. The van der Waals surface area contributed by atoms with Crippen LogP contribution in [0.4, 0.5) is 4.79 Å². The van der Waals surface area contributed by atoms with Crippen LogP contribution in [-0.2, 0) is 29.3 Å². The first-order chi connectivity index (χ1) is 13.6. The van der Waals surface area contributed by atoms with Crippen molar-refractivity contribution in [3.63, 3.8) is 0 Å². The number of ether oxygens (including phenoxy) is 1. The Hall–Kier alpha value is -2.86. The van der Waals surface area contributed by atoms with Gasteiger partial charge in [-0.3, -0.25) is 4.79 Å². The third-order valence-corrected chi connectivity index (χ3v) is 4.98. The highest BCUT2D eigenvalue weighted by Crippen LogP contribution is 2.17. The molecular weight excluding hydrogens is 356 g/mol. The highest BCUT2D eigenvalue weighted by molar-refractivity contribution is 5.76. The van der Waals surface area contributed by atoms with E-state index < -0.39 is 11.9 Å². The van der Waals surface area contributed by atoms with Crippen molar-refractivity contribution in [2.45, 2.75) is 32.6 Å². The molecule has 1 aliphatic rings. The number of carboxylic acids is 1. The Labute approximate surface area is 165 Å². The van der Waals surface area contributed by atoms with Crippen LogP contribution in [0, 0.1) is 5.92 Å². The largest absolute Gasteiger partial charge is 0.481 e. The van der Waals surface area contributed by atoms with Gasteiger partial charge >= 0.3 is 12.0 Å². The molecule has 1 atom stereocenters. The Bertz CT molecular complexity index is 794. The van der Waals surface area contributed by atoms with Gasteiger partial charge in [-0.1, -0.05) is 54.6 Å². The molecule has 2 N–H and O–H groups in total. The zero-order chi connectivity index (χ0) is 19.8. The number of aliphatic carboxylic acids is 1. The number of urea groups is 1. The zero-order valence-corrected chi connectivity index (χ0v) is 15.8. The maximum atomic E-state index is 12.4. The van der Waals surface area contributed by atoms with E-state index in [0.717, 1.165) is 16.7 Å². The van der Waals surface area contributed by atoms with Gasteiger partial charge in [0.2, 0.25) is 0 Å². The van der Waals surface area contributed by atoms with Gasteiger partial charge in [0.25, 0.3) is 0 Å². The Morgan fingerprint density at radius 1 is 1.04 bits per heavy atom. The van der Waals surface area contributed by atoms with E-state index in [0.29, 0.717) is 39.1 Å². The van der Waals surface area contributed by atoms with Crippen LogP contribution in [0.15, 0.2) is 54.6 Å². The number of nitrogens with one attached hydrogen (secondary N) is 1. The van der Waals surface area contributed by atoms with Crippen molar-refractivity contribution in [3.8, 4) is 0 Å². The summed E-state index contributed by atoms with van der Waals surface area (Å²) in [5, 5.41) is 12.1. The van der Waals surface area contributed by atoms with Gasteiger partial charge in [-0.05, 0) is 29.5 Å². The second-order valence-corrected chi connectivity index (χ2v) is 7.03. The van der Waals surface area contributed by atoms with E-state index in [9.17, 15) is 14.7 Å². The van der Waals surface area contributed by atoms with Crippen LogP contribution < -0.4 is 5.32 Å². The molecule has 3 rings (SSSR count). The van der Waals surface area contributed by atoms with Crippen molar-refractivity contribution in [1.29, 1.82) is 0 Å². The third kappa shape index (κ3) is 5.57. The first kappa shape index (κ1) is 19.9. The van der Waals surface area contributed by atoms with Crippen molar-refractivity contribution in [2.75, 3.05) is 13.1 Å². The Kier molecular flexibility index (Phi) is 7.03. The SMILES string of the molecule is O=C(O)C1CCCN(C(=O)NCc2ccccc2COCc2ccccc2)C1. The minimum absolute atomic E-state index is 0.217. The van der Waals surface area contributed by atoms with E-state index in [1.54, 1.807) is 4.90 Å². The lowest BCUT2D eigenvalue weighted by molar-refractivity contribution is -0.143. The molecule has 28 heavy (non-hydrogen) atoms. The fraction of sp³-hybridized carbons (Fsp3) is 0.364. The number of hydrogen-bond donors (Lipinski definition) is 2. The summed E-state index contributed by atoms with van der Waals surface area (Å²) < 4.78 is 5.82. The molecule has 0 aliphatic carbocycles. The number of nitrogens with zero attached hydrogens (tertiary/aromatic N) is 1. The molecule has 0 aromatic heterocycles. The number of likely N-dealkylation sites (tertiary alicyclic amines) is 1. The fourth-order valence-corrected chi connectivity index (χ4v) is 3.37. The molecule has 6 heteroatoms. The smallest absolute Gasteiger partial charge is 0.317 e. The van der Waals surface area contributed by atoms with Crippen LogP contribution in [0.5, 0.6) is 0 Å². The number of carbonyl (C=O) groups is 2. The molecule has 0 spiro atoms. The molecule has 2 amide bonds. The molecule has 0 radical (unpaired) electrons. The van der Waals surface area contributed by atoms with Crippen LogP contribution >= 0.6 is 0 Å². The first-order valence-electron chi connectivity index (χ1n) is 9.57. The lowest BCUT2D eigenvalue weighted by Gasteiger charge is -2.30. The lowest BCUT2D eigenvalue weighted by Crippen LogP contribution is -2.46. The first-order valence-corrected chi connectivity index (χ1v) is 9.57. The van der Waals surface area contributed by atoms with E-state index in [1.165, 1.54) is 0 Å². The quantitative estimate of drug-likeness (QED) is 0.769. The summed E-state index contributed by atoms with van der Waals surface area (Å²) in [5.74, 6) is -1.31. The molecule has 148 valence electrons. The van der Waals surface area contributed by atoms with Crippen LogP contribution in [0.2, 0.25) is 0 Å². The molecule has 6 nitrogen and oxygen atoms in total. The number of carboxylic acid groups (broad SMARTS) is 1. The Morgan fingerprint density at radius 2 is 1.75 bits per heavy atom. The molecule has 1 saturated heterocycles. The summed E-state index contributed by atoms with van der Waals surface area (Å²) in [6.45, 7) is 2.25. The van der Waals surface area contributed by atoms with E-state index >= 15 is 0 Å². The summed E-state index contributed by atoms with van der Waals surface area (Å²) in [4.78, 5) is 25.2. The van der Waals surface area contributed by atoms with Crippen molar-refractivity contribution in [1.82, 2.24) is 10.2 Å². The zero-order valence-electron chi connectivity index (χ0n) is 15.8. The van der Waals surface area contributed by atoms with Gasteiger partial charge in [0.15, 0.2) is 0 Å². The molecular formula is C22H26N2O4. The summed E-state index contributed by atoms with van der Waals surface area (Å²) in [7, 11) is 0. The van der Waals surface area contributed by atoms with E-state index in [-0.39, 0.29) is 12.6 Å². The van der Waals surface area contributed by atoms with Gasteiger partial charge in [0.1, 0.15) is 0 Å². The maximum absolute atomic E-state index is 12.4. The number of piperidine rings is 1. The number of rotatable bonds is 7. The van der Waals surface area contributed by atoms with Gasteiger partial charge in [0.05, 0.1) is 19.1 Å². The van der Waals surface area contributed by atoms with Crippen molar-refractivity contribution >= 4 is 12.0 Å². The third-order valence-electron chi connectivity index (χ3n) is 4.98. The average molecular weight is 382 g/mol. The highest BCUT2D eigenvalue weighted by atomic mass is 16.5. The van der Waals surface area contributed by atoms with E-state index in [4.69, 9.17) is 4.74 Å². The van der Waals surface area contributed by atoms with Crippen molar-refractivity contribution in [2.24, 2.45) is 5.92 Å². The molecule has 2 aromatic rings. The standard InChI is InChI=1S/C22H26N2O4/c25-21(26)19-11-6-12-24(14-19)22(27)23-13-18-9-4-5-10-20(18)16-28-15-17-7-2-1-3-8-17/h1-5,7-10,19H,6,11-16H2,(H,23,27)(H,25,26). The van der Waals surface area contributed by atoms with Crippen LogP contribution in [0.1, 0.15) is 29.5 Å². The van der Waals surface area contributed by atoms with Crippen LogP contribution in [-0.4, -0.2) is 35.1 Å². The summed E-state index contributed by atoms with van der Waals surface area (Å²) >= 11 is 0. The fourth-order valence-electron chi connectivity index (χ4n) is 3.37. The number of amides is 2. The summed E-state index contributed by atoms with van der Waals surface area (Å²) in [5.41, 5.74) is 3.14. The van der Waals surface area contributed by atoms with Gasteiger partial charge in [-0.15, -0.1) is 0 Å². The molecule has 1 fully saturated rings. The molecule has 1 heterocycles. The second kappa shape index (κ2) is 9.90. The van der Waals surface area contributed by atoms with Gasteiger partial charge < -0.3 is 20.1 Å². The van der Waals surface area contributed by atoms with Gasteiger partial charge in [0, 0.05) is 19.6 Å².